The van der Waals surface area contributed by atoms with Crippen LogP contribution in [0, 0.1) is 23.2 Å². The Morgan fingerprint density at radius 1 is 0.532 bits per heavy atom. The lowest BCUT2D eigenvalue weighted by molar-refractivity contribution is 0.278. The van der Waals surface area contributed by atoms with Crippen molar-refractivity contribution in [2.24, 2.45) is 68.1 Å². The van der Waals surface area contributed by atoms with Crippen molar-refractivity contribution >= 4 is 54.7 Å². The number of nitrogens with zero attached hydrogens (tertiary/aromatic N) is 12. The quantitative estimate of drug-likeness (QED) is 0.141. The van der Waals surface area contributed by atoms with Crippen LogP contribution >= 0.6 is 0 Å². The highest BCUT2D eigenvalue weighted by Crippen LogP contribution is 2.29. The molecule has 0 N–H and O–H groups in total. The number of aliphatic imine (C=N–C) groups is 9. The van der Waals surface area contributed by atoms with Crippen LogP contribution in [-0.2, 0) is 63.2 Å². The average molecular weight is 865 g/mol. The lowest BCUT2D eigenvalue weighted by Crippen LogP contribution is -2.54. The molecule has 0 amide bonds. The molecule has 0 spiro atoms. The monoisotopic (exact) mass is 864 g/mol. The third-order valence-electron chi connectivity index (χ3n) is 9.34. The van der Waals surface area contributed by atoms with E-state index in [0.29, 0.717) is 57.6 Å². The van der Waals surface area contributed by atoms with E-state index in [4.69, 9.17) is 0 Å². The summed E-state index contributed by atoms with van der Waals surface area (Å²) in [6, 6.07) is 0.196. The molecule has 0 bridgehead atoms. The maximum Gasteiger partial charge on any atom is 0.339 e. The average Bonchev–Trinajstić information content (AvgIpc) is 3.26. The van der Waals surface area contributed by atoms with Crippen molar-refractivity contribution in [2.75, 3.05) is 26.2 Å². The lowest BCUT2D eigenvalue weighted by Gasteiger charge is -2.26. The third-order valence-corrected chi connectivity index (χ3v) is 9.34. The molecule has 3 rings (SSSR count). The summed E-state index contributed by atoms with van der Waals surface area (Å²) >= 11 is 0. The summed E-state index contributed by atoms with van der Waals surface area (Å²) in [5, 5.41) is 0. The molecule has 2 aliphatic carbocycles. The molecule has 0 radical (unpaired) electrons. The van der Waals surface area contributed by atoms with Gasteiger partial charge in [-0.3, -0.25) is 0 Å². The Kier molecular flexibility index (Phi) is 29.7. The van der Waals surface area contributed by atoms with Crippen molar-refractivity contribution in [2.45, 2.75) is 117 Å². The number of rotatable bonds is 19. The predicted octanol–water partition coefficient (Wildman–Crippen LogP) is 1.59. The van der Waals surface area contributed by atoms with Crippen molar-refractivity contribution in [1.82, 2.24) is 13.7 Å². The van der Waals surface area contributed by atoms with E-state index in [2.05, 4.69) is 65.7 Å². The molecule has 2 aliphatic rings. The van der Waals surface area contributed by atoms with E-state index < -0.39 is 37.1 Å². The van der Waals surface area contributed by atoms with Gasteiger partial charge in [-0.1, -0.05) is 27.2 Å². The second kappa shape index (κ2) is 33.6. The van der Waals surface area contributed by atoms with Gasteiger partial charge in [-0.15, -0.1) is 0 Å². The van der Waals surface area contributed by atoms with Crippen LogP contribution in [0.15, 0.2) is 59.3 Å². The van der Waals surface area contributed by atoms with Gasteiger partial charge in [0.2, 0.25) is 54.7 Å². The topological polar surface area (TPSA) is 331 Å². The predicted molar refractivity (Wildman–Crippen MR) is 215 cm³/mol. The van der Waals surface area contributed by atoms with Crippen LogP contribution in [0.1, 0.15) is 85.0 Å². The first-order valence-corrected chi connectivity index (χ1v) is 19.2. The summed E-state index contributed by atoms with van der Waals surface area (Å²) in [7, 11) is 0. The molecular formula is C38H48N12O12. The van der Waals surface area contributed by atoms with Crippen molar-refractivity contribution in [3.8, 4) is 0 Å². The van der Waals surface area contributed by atoms with Gasteiger partial charge >= 0.3 is 17.1 Å². The smallest absolute Gasteiger partial charge is 0.247 e. The summed E-state index contributed by atoms with van der Waals surface area (Å²) in [5.74, 6) is 1.40. The summed E-state index contributed by atoms with van der Waals surface area (Å²) in [5.41, 5.74) is -3.43. The van der Waals surface area contributed by atoms with Crippen LogP contribution in [0.2, 0.25) is 0 Å². The van der Waals surface area contributed by atoms with Crippen LogP contribution in [0.25, 0.3) is 0 Å². The second-order valence-electron chi connectivity index (χ2n) is 14.6. The molecule has 1 heterocycles. The fraction of sp³-hybridized carbons (Fsp3) is 0.684. The Balaban J connectivity index is 0.000000818. The van der Waals surface area contributed by atoms with Crippen molar-refractivity contribution < 1.29 is 43.2 Å². The normalized spacial score (nSPS) is 17.5. The van der Waals surface area contributed by atoms with Crippen molar-refractivity contribution in [1.29, 1.82) is 0 Å². The largest absolute Gasteiger partial charge is 0.339 e. The van der Waals surface area contributed by atoms with Crippen LogP contribution in [-0.4, -0.2) is 107 Å². The zero-order valence-electron chi connectivity index (χ0n) is 34.7. The van der Waals surface area contributed by atoms with E-state index in [0.717, 1.165) is 82.4 Å². The molecule has 332 valence electrons. The Morgan fingerprint density at radius 3 is 1.24 bits per heavy atom. The van der Waals surface area contributed by atoms with Gasteiger partial charge in [0.15, 0.2) is 0 Å². The van der Waals surface area contributed by atoms with E-state index in [1.165, 1.54) is 6.08 Å². The van der Waals surface area contributed by atoms with Crippen LogP contribution in [0.5, 0.6) is 0 Å². The van der Waals surface area contributed by atoms with Gasteiger partial charge in [0.05, 0.1) is 38.3 Å². The van der Waals surface area contributed by atoms with Gasteiger partial charge in [-0.2, -0.15) is 15.0 Å². The van der Waals surface area contributed by atoms with Gasteiger partial charge < -0.3 is 0 Å². The van der Waals surface area contributed by atoms with Gasteiger partial charge in [0, 0.05) is 0 Å². The molecule has 0 aliphatic heterocycles. The van der Waals surface area contributed by atoms with E-state index >= 15 is 0 Å². The number of isocyanates is 9. The molecule has 0 saturated heterocycles. The van der Waals surface area contributed by atoms with Gasteiger partial charge in [-0.05, 0) is 81.0 Å². The van der Waals surface area contributed by atoms with Crippen LogP contribution in [0.3, 0.4) is 0 Å². The highest BCUT2D eigenvalue weighted by atomic mass is 16.2. The van der Waals surface area contributed by atoms with E-state index in [1.54, 1.807) is 30.4 Å². The number of aromatic nitrogens is 3. The first kappa shape index (κ1) is 54.8. The van der Waals surface area contributed by atoms with Gasteiger partial charge in [0.1, 0.15) is 20.0 Å². The summed E-state index contributed by atoms with van der Waals surface area (Å²) in [6.07, 6.45) is 22.2. The Morgan fingerprint density at radius 2 is 0.903 bits per heavy atom. The van der Waals surface area contributed by atoms with Crippen LogP contribution in [0.4, 0.5) is 0 Å². The van der Waals surface area contributed by atoms with E-state index in [9.17, 15) is 57.5 Å². The van der Waals surface area contributed by atoms with E-state index in [-0.39, 0.29) is 17.5 Å². The molecule has 1 aromatic rings. The maximum atomic E-state index is 11.9. The number of hydrogen-bond donors (Lipinski definition) is 0. The molecule has 2 fully saturated rings. The van der Waals surface area contributed by atoms with E-state index in [1.807, 2.05) is 0 Å². The number of carbonyl (C=O) groups excluding carboxylic acids is 9. The molecule has 24 nitrogen and oxygen atoms in total. The Labute approximate surface area is 353 Å². The lowest BCUT2D eigenvalue weighted by atomic mass is 9.81. The molecule has 2 saturated carbocycles. The zero-order chi connectivity index (χ0) is 46.6. The van der Waals surface area contributed by atoms with Gasteiger partial charge in [0.25, 0.3) is 0 Å². The minimum atomic E-state index is -1.14. The van der Waals surface area contributed by atoms with Crippen molar-refractivity contribution in [3.63, 3.8) is 0 Å². The molecule has 0 aromatic carbocycles. The standard InChI is InChI=1S/C11H18N2O2.C10H14N2O2.C9H6N6O6.C8H10N2O2/c1-10(4-5-12-8-14)6-11(2,3)7-13-9-15;13-7-11-5-9-2-1-3-10(4-9)6-12-8-14;16-4-10-1-13-7(19)14(2-11-5-17)9(21)15(8(13)20)3-12-6-18;11-5-9-7-1-2-8(4-3-7)10-6-12/h10H,4-7H2,1-3H3;9-10H,1-6H2;1-3H2;7-8H,1-4H2. The minimum absolute atomic E-state index is 0.00171. The Hall–Kier alpha value is -7.17. The highest BCUT2D eigenvalue weighted by Gasteiger charge is 2.22. The summed E-state index contributed by atoms with van der Waals surface area (Å²) < 4.78 is 1.23. The zero-order valence-corrected chi connectivity index (χ0v) is 34.7. The molecule has 1 aromatic heterocycles. The minimum Gasteiger partial charge on any atom is -0.247 e. The fourth-order valence-electron chi connectivity index (χ4n) is 6.56. The molecule has 62 heavy (non-hydrogen) atoms. The van der Waals surface area contributed by atoms with Gasteiger partial charge in [-0.25, -0.2) is 101 Å². The van der Waals surface area contributed by atoms with Crippen LogP contribution < -0.4 is 17.1 Å². The summed E-state index contributed by atoms with van der Waals surface area (Å²) in [6.45, 7) is 6.31. The van der Waals surface area contributed by atoms with Crippen molar-refractivity contribution in [3.05, 3.63) is 31.5 Å². The first-order valence-electron chi connectivity index (χ1n) is 19.2. The molecule has 3 atom stereocenters. The summed E-state index contributed by atoms with van der Waals surface area (Å²) in [4.78, 5) is 156. The maximum absolute atomic E-state index is 11.9. The second-order valence-corrected chi connectivity index (χ2v) is 14.6. The molecule has 3 unspecified atom stereocenters. The Bertz CT molecular complexity index is 2010. The first-order chi connectivity index (χ1) is 29.8. The SMILES string of the molecule is CC(CCN=C=O)CC(C)(C)CN=C=O.O=C=NC1CCC(N=C=O)CC1.O=C=NCC1CCCC(CN=C=O)C1.O=C=NCn1c(=O)n(CN=C=O)c(=O)n(CN=C=O)c1=O. The highest BCUT2D eigenvalue weighted by molar-refractivity contribution is 5.35. The molecule has 24 heteroatoms. The third kappa shape index (κ3) is 23.4. The fourth-order valence-corrected chi connectivity index (χ4v) is 6.56. The molecular weight excluding hydrogens is 816 g/mol. The number of hydrogen-bond acceptors (Lipinski definition) is 21.